The van der Waals surface area contributed by atoms with Crippen LogP contribution in [0, 0.1) is 0 Å². The molecule has 0 aromatic carbocycles. The molecule has 0 unspecified atom stereocenters. The molecule has 0 saturated carbocycles. The molecule has 5 heteroatoms. The Labute approximate surface area is 89.7 Å². The lowest BCUT2D eigenvalue weighted by molar-refractivity contribution is -0.144. The van der Waals surface area contributed by atoms with E-state index in [9.17, 15) is 4.79 Å². The van der Waals surface area contributed by atoms with Gasteiger partial charge in [0.25, 0.3) is 0 Å². The van der Waals surface area contributed by atoms with E-state index in [0.717, 1.165) is 5.69 Å². The summed E-state index contributed by atoms with van der Waals surface area (Å²) in [5, 5.41) is 0. The zero-order chi connectivity index (χ0) is 11.3. The van der Waals surface area contributed by atoms with Gasteiger partial charge in [-0.1, -0.05) is 0 Å². The molecule has 15 heavy (non-hydrogen) atoms. The summed E-state index contributed by atoms with van der Waals surface area (Å²) in [7, 11) is 3.81. The molecular weight excluding hydrogens is 194 g/mol. The van der Waals surface area contributed by atoms with Gasteiger partial charge in [0, 0.05) is 19.8 Å². The number of nitrogens with zero attached hydrogens (tertiary/aromatic N) is 3. The number of carbonyl (C=O) groups is 1. The predicted octanol–water partition coefficient (Wildman–Crippen LogP) is 0.415. The molecule has 0 aliphatic carbocycles. The van der Waals surface area contributed by atoms with Crippen molar-refractivity contribution in [2.75, 3.05) is 20.2 Å². The molecule has 1 rings (SSSR count). The number of aryl methyl sites for hydroxylation is 1. The van der Waals surface area contributed by atoms with E-state index in [1.54, 1.807) is 19.4 Å². The quantitative estimate of drug-likeness (QED) is 0.662. The molecule has 84 valence electrons. The van der Waals surface area contributed by atoms with E-state index in [2.05, 4.69) is 4.98 Å². The highest BCUT2D eigenvalue weighted by molar-refractivity contribution is 5.71. The molecule has 0 radical (unpaired) electrons. The monoisotopic (exact) mass is 211 g/mol. The first-order valence-electron chi connectivity index (χ1n) is 4.92. The van der Waals surface area contributed by atoms with E-state index in [1.165, 1.54) is 0 Å². The molecule has 0 aliphatic heterocycles. The number of hydrogen-bond donors (Lipinski definition) is 0. The Balaban J connectivity index is 2.39. The average molecular weight is 211 g/mol. The number of carbonyl (C=O) groups excluding carboxylic acids is 1. The number of esters is 1. The van der Waals surface area contributed by atoms with Gasteiger partial charge in [0.15, 0.2) is 0 Å². The zero-order valence-electron chi connectivity index (χ0n) is 9.43. The molecular formula is C10H17N3O2. The van der Waals surface area contributed by atoms with Crippen LogP contribution in [0.15, 0.2) is 12.5 Å². The Bertz CT molecular complexity index is 322. The molecule has 1 heterocycles. The van der Waals surface area contributed by atoms with Crippen molar-refractivity contribution in [1.82, 2.24) is 14.5 Å². The molecule has 1 aromatic rings. The third kappa shape index (κ3) is 3.71. The molecule has 0 fully saturated rings. The fraction of sp³-hybridized carbons (Fsp3) is 0.600. The Morgan fingerprint density at radius 1 is 1.67 bits per heavy atom. The summed E-state index contributed by atoms with van der Waals surface area (Å²) in [4.78, 5) is 17.1. The first-order chi connectivity index (χ1) is 7.13. The Morgan fingerprint density at radius 3 is 2.93 bits per heavy atom. The summed E-state index contributed by atoms with van der Waals surface area (Å²) in [5.74, 6) is -0.192. The van der Waals surface area contributed by atoms with Gasteiger partial charge in [-0.2, -0.15) is 0 Å². The van der Waals surface area contributed by atoms with Gasteiger partial charge in [0.05, 0.1) is 25.2 Å². The van der Waals surface area contributed by atoms with Crippen LogP contribution in [-0.4, -0.2) is 40.6 Å². The van der Waals surface area contributed by atoms with Crippen LogP contribution in [0.5, 0.6) is 0 Å². The predicted molar refractivity (Wildman–Crippen MR) is 56.2 cm³/mol. The van der Waals surface area contributed by atoms with Crippen LogP contribution in [0.25, 0.3) is 0 Å². The lowest BCUT2D eigenvalue weighted by atomic mass is 10.4. The van der Waals surface area contributed by atoms with Crippen molar-refractivity contribution in [2.24, 2.45) is 7.05 Å². The van der Waals surface area contributed by atoms with Crippen molar-refractivity contribution in [1.29, 1.82) is 0 Å². The van der Waals surface area contributed by atoms with Gasteiger partial charge in [-0.05, 0) is 14.0 Å². The van der Waals surface area contributed by atoms with Crippen molar-refractivity contribution >= 4 is 5.97 Å². The van der Waals surface area contributed by atoms with E-state index >= 15 is 0 Å². The van der Waals surface area contributed by atoms with Crippen LogP contribution in [0.2, 0.25) is 0 Å². The molecule has 0 aliphatic rings. The minimum absolute atomic E-state index is 0.192. The summed E-state index contributed by atoms with van der Waals surface area (Å²) in [5.41, 5.74) is 1.07. The first kappa shape index (κ1) is 11.7. The second-order valence-electron chi connectivity index (χ2n) is 3.47. The fourth-order valence-electron chi connectivity index (χ4n) is 1.30. The van der Waals surface area contributed by atoms with Crippen LogP contribution in [0.3, 0.4) is 0 Å². The number of rotatable bonds is 5. The summed E-state index contributed by atoms with van der Waals surface area (Å²) >= 11 is 0. The van der Waals surface area contributed by atoms with Crippen LogP contribution in [0.1, 0.15) is 12.6 Å². The number of imidazole rings is 1. The van der Waals surface area contributed by atoms with Gasteiger partial charge in [-0.15, -0.1) is 0 Å². The number of likely N-dealkylation sites (N-methyl/N-ethyl adjacent to an activating group) is 1. The smallest absolute Gasteiger partial charge is 0.320 e. The molecule has 0 amide bonds. The third-order valence-electron chi connectivity index (χ3n) is 2.05. The molecule has 0 bridgehead atoms. The summed E-state index contributed by atoms with van der Waals surface area (Å²) < 4.78 is 6.79. The molecule has 1 aromatic heterocycles. The third-order valence-corrected chi connectivity index (χ3v) is 2.05. The second kappa shape index (κ2) is 5.50. The number of ether oxygens (including phenoxy) is 1. The standard InChI is InChI=1S/C10H17N3O2/c1-4-15-10(14)7-12(2)6-9-5-11-8-13(9)3/h5,8H,4,6-7H2,1-3H3. The van der Waals surface area contributed by atoms with Gasteiger partial charge in [-0.3, -0.25) is 9.69 Å². The van der Waals surface area contributed by atoms with Crippen molar-refractivity contribution in [3.8, 4) is 0 Å². The van der Waals surface area contributed by atoms with Crippen LogP contribution >= 0.6 is 0 Å². The zero-order valence-corrected chi connectivity index (χ0v) is 9.43. The van der Waals surface area contributed by atoms with Crippen LogP contribution < -0.4 is 0 Å². The SMILES string of the molecule is CCOC(=O)CN(C)Cc1cncn1C. The Morgan fingerprint density at radius 2 is 2.40 bits per heavy atom. The normalized spacial score (nSPS) is 10.7. The van der Waals surface area contributed by atoms with Gasteiger partial charge in [0.2, 0.25) is 0 Å². The largest absolute Gasteiger partial charge is 0.465 e. The van der Waals surface area contributed by atoms with Crippen molar-refractivity contribution in [3.63, 3.8) is 0 Å². The minimum Gasteiger partial charge on any atom is -0.465 e. The molecule has 0 spiro atoms. The van der Waals surface area contributed by atoms with E-state index < -0.39 is 0 Å². The van der Waals surface area contributed by atoms with Crippen LogP contribution in [-0.2, 0) is 23.1 Å². The van der Waals surface area contributed by atoms with E-state index in [-0.39, 0.29) is 5.97 Å². The molecule has 5 nitrogen and oxygen atoms in total. The Kier molecular flexibility index (Phi) is 4.30. The molecule has 0 N–H and O–H groups in total. The first-order valence-corrected chi connectivity index (χ1v) is 4.92. The van der Waals surface area contributed by atoms with Crippen LogP contribution in [0.4, 0.5) is 0 Å². The maximum Gasteiger partial charge on any atom is 0.320 e. The van der Waals surface area contributed by atoms with Crippen molar-refractivity contribution < 1.29 is 9.53 Å². The second-order valence-corrected chi connectivity index (χ2v) is 3.47. The molecule has 0 atom stereocenters. The maximum absolute atomic E-state index is 11.2. The van der Waals surface area contributed by atoms with E-state index in [1.807, 2.05) is 23.6 Å². The van der Waals surface area contributed by atoms with Gasteiger partial charge < -0.3 is 9.30 Å². The minimum atomic E-state index is -0.192. The maximum atomic E-state index is 11.2. The number of hydrogen-bond acceptors (Lipinski definition) is 4. The topological polar surface area (TPSA) is 47.4 Å². The van der Waals surface area contributed by atoms with E-state index in [4.69, 9.17) is 4.74 Å². The Hall–Kier alpha value is -1.36. The van der Waals surface area contributed by atoms with Crippen molar-refractivity contribution in [3.05, 3.63) is 18.2 Å². The summed E-state index contributed by atoms with van der Waals surface area (Å²) in [6.07, 6.45) is 3.54. The van der Waals surface area contributed by atoms with Crippen molar-refractivity contribution in [2.45, 2.75) is 13.5 Å². The lowest BCUT2D eigenvalue weighted by Crippen LogP contribution is -2.27. The average Bonchev–Trinajstić information content (AvgIpc) is 2.52. The lowest BCUT2D eigenvalue weighted by Gasteiger charge is -2.15. The van der Waals surface area contributed by atoms with Gasteiger partial charge >= 0.3 is 5.97 Å². The highest BCUT2D eigenvalue weighted by Crippen LogP contribution is 2.00. The summed E-state index contributed by atoms with van der Waals surface area (Å²) in [6, 6.07) is 0. The highest BCUT2D eigenvalue weighted by Gasteiger charge is 2.08. The van der Waals surface area contributed by atoms with E-state index in [0.29, 0.717) is 19.7 Å². The van der Waals surface area contributed by atoms with Gasteiger partial charge in [0.1, 0.15) is 0 Å². The number of aromatic nitrogens is 2. The molecule has 0 saturated heterocycles. The summed E-state index contributed by atoms with van der Waals surface area (Å²) in [6.45, 7) is 3.23. The highest BCUT2D eigenvalue weighted by atomic mass is 16.5. The fourth-order valence-corrected chi connectivity index (χ4v) is 1.30. The van der Waals surface area contributed by atoms with Gasteiger partial charge in [-0.25, -0.2) is 4.98 Å².